The van der Waals surface area contributed by atoms with Crippen molar-refractivity contribution >= 4 is 43.0 Å². The second kappa shape index (κ2) is 2.64. The number of nitrogen functional groups attached to an aromatic ring is 1. The summed E-state index contributed by atoms with van der Waals surface area (Å²) in [5.41, 5.74) is 6.31. The maximum absolute atomic E-state index is 9.36. The number of benzene rings is 1. The summed E-state index contributed by atoms with van der Waals surface area (Å²) >= 11 is 4.62. The van der Waals surface area contributed by atoms with Crippen LogP contribution in [-0.4, -0.2) is 5.11 Å². The fraction of sp³-hybridized carbons (Fsp3) is 0. The first-order valence-corrected chi connectivity index (χ1v) is 4.96. The fourth-order valence-corrected chi connectivity index (χ4v) is 2.67. The topological polar surface area (TPSA) is 46.2 Å². The molecule has 0 unspecified atom stereocenters. The van der Waals surface area contributed by atoms with Crippen LogP contribution in [0, 0.1) is 0 Å². The summed E-state index contributed by atoms with van der Waals surface area (Å²) in [7, 11) is 0. The molecule has 2 rings (SSSR count). The van der Waals surface area contributed by atoms with E-state index in [9.17, 15) is 5.11 Å². The van der Waals surface area contributed by atoms with Crippen LogP contribution < -0.4 is 5.73 Å². The van der Waals surface area contributed by atoms with Gasteiger partial charge in [0.15, 0.2) is 5.06 Å². The fourth-order valence-electron chi connectivity index (χ4n) is 1.07. The van der Waals surface area contributed by atoms with Gasteiger partial charge in [-0.1, -0.05) is 17.4 Å². The van der Waals surface area contributed by atoms with Crippen LogP contribution in [0.3, 0.4) is 0 Å². The summed E-state index contributed by atoms with van der Waals surface area (Å²) in [5, 5.41) is 10.7. The molecule has 1 aromatic heterocycles. The number of hydrogen-bond donors (Lipinski definition) is 2. The monoisotopic (exact) mass is 243 g/mol. The SMILES string of the molecule is Nc1ccc2c(Br)c(O)sc2c1. The number of anilines is 1. The van der Waals surface area contributed by atoms with Crippen molar-refractivity contribution in [3.8, 4) is 5.06 Å². The molecule has 0 aliphatic rings. The highest BCUT2D eigenvalue weighted by molar-refractivity contribution is 9.10. The van der Waals surface area contributed by atoms with Crippen molar-refractivity contribution in [2.24, 2.45) is 0 Å². The van der Waals surface area contributed by atoms with Gasteiger partial charge in [0, 0.05) is 15.8 Å². The average molecular weight is 244 g/mol. The third-order valence-electron chi connectivity index (χ3n) is 1.64. The molecule has 0 aliphatic carbocycles. The minimum Gasteiger partial charge on any atom is -0.499 e. The normalized spacial score (nSPS) is 10.8. The predicted molar refractivity (Wildman–Crippen MR) is 55.6 cm³/mol. The molecule has 0 saturated heterocycles. The Balaban J connectivity index is 2.87. The molecule has 3 N–H and O–H groups in total. The van der Waals surface area contributed by atoms with Crippen LogP contribution in [0.5, 0.6) is 5.06 Å². The molecule has 0 bridgehead atoms. The van der Waals surface area contributed by atoms with Gasteiger partial charge in [-0.3, -0.25) is 0 Å². The molecule has 0 saturated carbocycles. The maximum atomic E-state index is 9.36. The molecule has 0 radical (unpaired) electrons. The summed E-state index contributed by atoms with van der Waals surface area (Å²) in [5.74, 6) is 0. The second-order valence-electron chi connectivity index (χ2n) is 2.48. The van der Waals surface area contributed by atoms with Crippen molar-refractivity contribution in [1.29, 1.82) is 0 Å². The number of halogens is 1. The molecule has 1 heterocycles. The van der Waals surface area contributed by atoms with Gasteiger partial charge in [0.25, 0.3) is 0 Å². The molecule has 62 valence electrons. The zero-order chi connectivity index (χ0) is 8.72. The van der Waals surface area contributed by atoms with E-state index < -0.39 is 0 Å². The highest BCUT2D eigenvalue weighted by Crippen LogP contribution is 2.41. The summed E-state index contributed by atoms with van der Waals surface area (Å²) in [6.07, 6.45) is 0. The second-order valence-corrected chi connectivity index (χ2v) is 4.30. The lowest BCUT2D eigenvalue weighted by Gasteiger charge is -1.91. The average Bonchev–Trinajstić information content (AvgIpc) is 2.28. The number of aromatic hydroxyl groups is 1. The van der Waals surface area contributed by atoms with E-state index in [0.717, 1.165) is 20.2 Å². The Bertz CT molecular complexity index is 438. The van der Waals surface area contributed by atoms with Gasteiger partial charge in [0.2, 0.25) is 0 Å². The van der Waals surface area contributed by atoms with Crippen LogP contribution in [-0.2, 0) is 0 Å². The van der Waals surface area contributed by atoms with Crippen LogP contribution in [0.4, 0.5) is 5.69 Å². The first-order valence-electron chi connectivity index (χ1n) is 3.35. The minimum atomic E-state index is 0.301. The summed E-state index contributed by atoms with van der Waals surface area (Å²) in [6, 6.07) is 5.56. The first kappa shape index (κ1) is 7.89. The molecule has 0 aliphatic heterocycles. The highest BCUT2D eigenvalue weighted by atomic mass is 79.9. The van der Waals surface area contributed by atoms with Gasteiger partial charge in [0.1, 0.15) is 0 Å². The van der Waals surface area contributed by atoms with Crippen molar-refractivity contribution in [2.75, 3.05) is 5.73 Å². The van der Waals surface area contributed by atoms with Crippen LogP contribution in [0.2, 0.25) is 0 Å². The Kier molecular flexibility index (Phi) is 1.73. The van der Waals surface area contributed by atoms with Crippen LogP contribution in [0.15, 0.2) is 22.7 Å². The van der Waals surface area contributed by atoms with Gasteiger partial charge in [-0.15, -0.1) is 0 Å². The van der Waals surface area contributed by atoms with Crippen molar-refractivity contribution in [1.82, 2.24) is 0 Å². The largest absolute Gasteiger partial charge is 0.499 e. The number of nitrogens with two attached hydrogens (primary N) is 1. The predicted octanol–water partition coefficient (Wildman–Crippen LogP) is 2.95. The summed E-state index contributed by atoms with van der Waals surface area (Å²) in [4.78, 5) is 0. The molecule has 0 atom stereocenters. The smallest absolute Gasteiger partial charge is 0.186 e. The first-order chi connectivity index (χ1) is 5.68. The molecular weight excluding hydrogens is 238 g/mol. The zero-order valence-corrected chi connectivity index (χ0v) is 8.45. The summed E-state index contributed by atoms with van der Waals surface area (Å²) < 4.78 is 1.75. The van der Waals surface area contributed by atoms with E-state index >= 15 is 0 Å². The molecule has 1 aromatic carbocycles. The third-order valence-corrected chi connectivity index (χ3v) is 3.66. The van der Waals surface area contributed by atoms with Crippen LogP contribution in [0.1, 0.15) is 0 Å². The molecule has 0 amide bonds. The van der Waals surface area contributed by atoms with E-state index in [-0.39, 0.29) is 0 Å². The standard InChI is InChI=1S/C8H6BrNOS/c9-7-5-2-1-4(10)3-6(5)12-8(7)11/h1-3,11H,10H2. The molecule has 2 aromatic rings. The Morgan fingerprint density at radius 2 is 2.17 bits per heavy atom. The van der Waals surface area contributed by atoms with E-state index in [1.165, 1.54) is 11.3 Å². The minimum absolute atomic E-state index is 0.301. The van der Waals surface area contributed by atoms with E-state index in [1.807, 2.05) is 18.2 Å². The molecule has 0 fully saturated rings. The Hall–Kier alpha value is -0.740. The number of rotatable bonds is 0. The lowest BCUT2D eigenvalue weighted by molar-refractivity contribution is 0.488. The Morgan fingerprint density at radius 3 is 2.92 bits per heavy atom. The van der Waals surface area contributed by atoms with E-state index in [4.69, 9.17) is 5.73 Å². The van der Waals surface area contributed by atoms with Gasteiger partial charge in [0.05, 0.1) is 4.47 Å². The molecular formula is C8H6BrNOS. The van der Waals surface area contributed by atoms with Gasteiger partial charge in [-0.05, 0) is 28.1 Å². The van der Waals surface area contributed by atoms with E-state index in [0.29, 0.717) is 5.06 Å². The van der Waals surface area contributed by atoms with Crippen molar-refractivity contribution in [3.05, 3.63) is 22.7 Å². The van der Waals surface area contributed by atoms with Crippen LogP contribution in [0.25, 0.3) is 10.1 Å². The van der Waals surface area contributed by atoms with Crippen LogP contribution >= 0.6 is 27.3 Å². The van der Waals surface area contributed by atoms with Gasteiger partial charge in [-0.25, -0.2) is 0 Å². The van der Waals surface area contributed by atoms with E-state index in [2.05, 4.69) is 15.9 Å². The lowest BCUT2D eigenvalue weighted by Crippen LogP contribution is -1.80. The molecule has 12 heavy (non-hydrogen) atoms. The quantitative estimate of drug-likeness (QED) is 0.700. The van der Waals surface area contributed by atoms with Crippen molar-refractivity contribution in [2.45, 2.75) is 0 Å². The summed E-state index contributed by atoms with van der Waals surface area (Å²) in [6.45, 7) is 0. The number of thiophene rings is 1. The van der Waals surface area contributed by atoms with Gasteiger partial charge < -0.3 is 10.8 Å². The molecule has 2 nitrogen and oxygen atoms in total. The van der Waals surface area contributed by atoms with Gasteiger partial charge >= 0.3 is 0 Å². The van der Waals surface area contributed by atoms with Gasteiger partial charge in [-0.2, -0.15) is 0 Å². The highest BCUT2D eigenvalue weighted by Gasteiger charge is 2.07. The zero-order valence-electron chi connectivity index (χ0n) is 6.04. The van der Waals surface area contributed by atoms with Crippen molar-refractivity contribution < 1.29 is 5.11 Å². The van der Waals surface area contributed by atoms with E-state index in [1.54, 1.807) is 0 Å². The van der Waals surface area contributed by atoms with Crippen molar-refractivity contribution in [3.63, 3.8) is 0 Å². The number of fused-ring (bicyclic) bond motifs is 1. The Morgan fingerprint density at radius 1 is 1.42 bits per heavy atom. The third kappa shape index (κ3) is 1.07. The molecule has 0 spiro atoms. The molecule has 4 heteroatoms. The Labute approximate surface area is 81.8 Å². The number of hydrogen-bond acceptors (Lipinski definition) is 3. The maximum Gasteiger partial charge on any atom is 0.186 e. The lowest BCUT2D eigenvalue weighted by atomic mass is 10.2.